The van der Waals surface area contributed by atoms with E-state index < -0.39 is 0 Å². The Bertz CT molecular complexity index is 3890. The number of nitrogens with zero attached hydrogens (tertiary/aromatic N) is 4. The van der Waals surface area contributed by atoms with Gasteiger partial charge in [0.15, 0.2) is 17.5 Å². The Morgan fingerprint density at radius 2 is 0.721 bits per heavy atom. The van der Waals surface area contributed by atoms with Crippen LogP contribution >= 0.6 is 0 Å². The van der Waals surface area contributed by atoms with Crippen molar-refractivity contribution in [3.05, 3.63) is 243 Å². The first-order chi connectivity index (χ1) is 33.7. The highest BCUT2D eigenvalue weighted by Gasteiger charge is 2.18. The summed E-state index contributed by atoms with van der Waals surface area (Å²) in [6.07, 6.45) is 0. The monoisotopic (exact) mass is 868 g/mol. The molecule has 0 radical (unpaired) electrons. The summed E-state index contributed by atoms with van der Waals surface area (Å²) in [6.45, 7) is 0. The van der Waals surface area contributed by atoms with Crippen molar-refractivity contribution < 1.29 is 4.42 Å². The van der Waals surface area contributed by atoms with Crippen LogP contribution in [0.2, 0.25) is 0 Å². The van der Waals surface area contributed by atoms with Gasteiger partial charge >= 0.3 is 0 Å². The molecule has 3 aromatic heterocycles. The van der Waals surface area contributed by atoms with Gasteiger partial charge in [-0.05, 0) is 117 Å². The molecule has 0 bridgehead atoms. The van der Waals surface area contributed by atoms with Crippen molar-refractivity contribution in [1.82, 2.24) is 19.5 Å². The third-order valence-electron chi connectivity index (χ3n) is 13.0. The highest BCUT2D eigenvalue weighted by Crippen LogP contribution is 2.40. The third-order valence-corrected chi connectivity index (χ3v) is 13.0. The molecule has 0 saturated heterocycles. The fourth-order valence-electron chi connectivity index (χ4n) is 9.68. The maximum atomic E-state index is 6.54. The van der Waals surface area contributed by atoms with Crippen LogP contribution in [0.15, 0.2) is 247 Å². The number of benzene rings is 10. The molecule has 0 aliphatic carbocycles. The van der Waals surface area contributed by atoms with Crippen LogP contribution in [0.5, 0.6) is 0 Å². The number of fused-ring (bicyclic) bond motifs is 6. The summed E-state index contributed by atoms with van der Waals surface area (Å²) in [6, 6.07) is 85.6. The van der Waals surface area contributed by atoms with Gasteiger partial charge in [-0.2, -0.15) is 0 Å². The fourth-order valence-corrected chi connectivity index (χ4v) is 9.68. The summed E-state index contributed by atoms with van der Waals surface area (Å²) in [5.74, 6) is 1.84. The van der Waals surface area contributed by atoms with E-state index in [9.17, 15) is 0 Å². The lowest BCUT2D eigenvalue weighted by Crippen LogP contribution is -2.00. The average molecular weight is 869 g/mol. The van der Waals surface area contributed by atoms with Gasteiger partial charge in [0.05, 0.1) is 11.0 Å². The van der Waals surface area contributed by atoms with E-state index in [0.717, 1.165) is 72.0 Å². The topological polar surface area (TPSA) is 56.7 Å². The Hall–Kier alpha value is -9.19. The van der Waals surface area contributed by atoms with Crippen molar-refractivity contribution >= 4 is 43.7 Å². The maximum absolute atomic E-state index is 6.54. The van der Waals surface area contributed by atoms with E-state index in [1.807, 2.05) is 66.7 Å². The predicted octanol–water partition coefficient (Wildman–Crippen LogP) is 16.5. The quantitative estimate of drug-likeness (QED) is 0.153. The van der Waals surface area contributed by atoms with Gasteiger partial charge in [0, 0.05) is 43.9 Å². The molecule has 0 aliphatic heterocycles. The Morgan fingerprint density at radius 1 is 0.250 bits per heavy atom. The van der Waals surface area contributed by atoms with E-state index in [1.54, 1.807) is 0 Å². The number of aromatic nitrogens is 4. The van der Waals surface area contributed by atoms with Crippen molar-refractivity contribution in [3.63, 3.8) is 0 Å². The zero-order valence-corrected chi connectivity index (χ0v) is 36.8. The molecule has 0 amide bonds. The summed E-state index contributed by atoms with van der Waals surface area (Å²) < 4.78 is 8.94. The SMILES string of the molecule is c1ccc(-c2cc(-c3ccccc3)cc(-c3cccc(-n4c5ccccc5c5cc(-c6ccc7oc8cc(-c9nc(-c%10ccccc%10)nc(-c%10ccccc%10)n9)ccc8c7c6)ccc54)c3)c2)cc1. The van der Waals surface area contributed by atoms with Crippen LogP contribution in [-0.2, 0) is 0 Å². The highest BCUT2D eigenvalue weighted by molar-refractivity contribution is 6.11. The molecule has 13 rings (SSSR count). The average Bonchev–Trinajstić information content (AvgIpc) is 3.96. The van der Waals surface area contributed by atoms with Gasteiger partial charge in [-0.15, -0.1) is 0 Å². The lowest BCUT2D eigenvalue weighted by Gasteiger charge is -2.14. The number of rotatable bonds is 8. The lowest BCUT2D eigenvalue weighted by atomic mass is 9.93. The van der Waals surface area contributed by atoms with Gasteiger partial charge in [0.25, 0.3) is 0 Å². The third kappa shape index (κ3) is 7.02. The second-order valence-electron chi connectivity index (χ2n) is 17.2. The Kier molecular flexibility index (Phi) is 9.43. The van der Waals surface area contributed by atoms with Crippen LogP contribution < -0.4 is 0 Å². The summed E-state index contributed by atoms with van der Waals surface area (Å²) in [5.41, 5.74) is 17.1. The molecule has 13 aromatic rings. The van der Waals surface area contributed by atoms with Crippen LogP contribution in [0.4, 0.5) is 0 Å². The van der Waals surface area contributed by atoms with Crippen molar-refractivity contribution in [2.75, 3.05) is 0 Å². The maximum Gasteiger partial charge on any atom is 0.164 e. The Balaban J connectivity index is 0.878. The molecule has 5 heteroatoms. The van der Waals surface area contributed by atoms with E-state index in [1.165, 1.54) is 38.6 Å². The second-order valence-corrected chi connectivity index (χ2v) is 17.2. The minimum atomic E-state index is 0.592. The molecule has 0 aliphatic rings. The molecular formula is C63H40N4O. The largest absolute Gasteiger partial charge is 0.456 e. The van der Waals surface area contributed by atoms with Gasteiger partial charge in [-0.3, -0.25) is 0 Å². The second kappa shape index (κ2) is 16.4. The molecule has 0 unspecified atom stereocenters. The van der Waals surface area contributed by atoms with E-state index in [4.69, 9.17) is 19.4 Å². The first-order valence-electron chi connectivity index (χ1n) is 22.9. The molecule has 68 heavy (non-hydrogen) atoms. The molecule has 0 saturated carbocycles. The lowest BCUT2D eigenvalue weighted by molar-refractivity contribution is 0.669. The van der Waals surface area contributed by atoms with E-state index in [-0.39, 0.29) is 0 Å². The van der Waals surface area contributed by atoms with Gasteiger partial charge in [-0.1, -0.05) is 170 Å². The standard InChI is InChI=1S/C63H40N4O/c1-5-16-41(17-6-1)49-34-50(42-18-7-2-8-19-42)36-51(35-49)45-24-15-25-52(37-45)67-57-27-14-13-26-53(57)55-38-46(29-32-58(55)67)47-30-33-59-56(39-47)54-31-28-48(40-60(54)68-59)63-65-61(43-20-9-3-10-21-43)64-62(66-63)44-22-11-4-12-23-44/h1-40H. The Labute approximate surface area is 392 Å². The van der Waals surface area contributed by atoms with Crippen molar-refractivity contribution in [2.45, 2.75) is 0 Å². The molecule has 10 aromatic carbocycles. The van der Waals surface area contributed by atoms with Crippen molar-refractivity contribution in [3.8, 4) is 84.4 Å². The van der Waals surface area contributed by atoms with Crippen LogP contribution in [0.3, 0.4) is 0 Å². The van der Waals surface area contributed by atoms with Crippen molar-refractivity contribution in [2.24, 2.45) is 0 Å². The number of furan rings is 1. The van der Waals surface area contributed by atoms with E-state index >= 15 is 0 Å². The van der Waals surface area contributed by atoms with Crippen LogP contribution in [0, 0.1) is 0 Å². The normalized spacial score (nSPS) is 11.5. The summed E-state index contributed by atoms with van der Waals surface area (Å²) in [4.78, 5) is 14.8. The van der Waals surface area contributed by atoms with Gasteiger partial charge in [0.1, 0.15) is 11.2 Å². The van der Waals surface area contributed by atoms with Crippen LogP contribution in [-0.4, -0.2) is 19.5 Å². The minimum absolute atomic E-state index is 0.592. The number of hydrogen-bond acceptors (Lipinski definition) is 4. The summed E-state index contributed by atoms with van der Waals surface area (Å²) in [5, 5.41) is 4.50. The zero-order valence-electron chi connectivity index (χ0n) is 36.8. The van der Waals surface area contributed by atoms with Gasteiger partial charge < -0.3 is 8.98 Å². The number of hydrogen-bond donors (Lipinski definition) is 0. The van der Waals surface area contributed by atoms with Gasteiger partial charge in [-0.25, -0.2) is 15.0 Å². The van der Waals surface area contributed by atoms with E-state index in [0.29, 0.717) is 17.5 Å². The molecule has 0 N–H and O–H groups in total. The molecule has 5 nitrogen and oxygen atoms in total. The summed E-state index contributed by atoms with van der Waals surface area (Å²) in [7, 11) is 0. The smallest absolute Gasteiger partial charge is 0.164 e. The van der Waals surface area contributed by atoms with Crippen LogP contribution in [0.25, 0.3) is 128 Å². The first kappa shape index (κ1) is 39.2. The molecule has 0 atom stereocenters. The van der Waals surface area contributed by atoms with Crippen molar-refractivity contribution in [1.29, 1.82) is 0 Å². The molecule has 0 spiro atoms. The van der Waals surface area contributed by atoms with Gasteiger partial charge in [0.2, 0.25) is 0 Å². The zero-order chi connectivity index (χ0) is 45.0. The fraction of sp³-hybridized carbons (Fsp3) is 0. The van der Waals surface area contributed by atoms with Crippen LogP contribution in [0.1, 0.15) is 0 Å². The number of para-hydroxylation sites is 1. The molecule has 3 heterocycles. The molecule has 318 valence electrons. The van der Waals surface area contributed by atoms with E-state index in [2.05, 4.69) is 180 Å². The first-order valence-corrected chi connectivity index (χ1v) is 22.9. The molecule has 0 fully saturated rings. The predicted molar refractivity (Wildman–Crippen MR) is 279 cm³/mol. The molecular weight excluding hydrogens is 829 g/mol. The highest BCUT2D eigenvalue weighted by atomic mass is 16.3. The summed E-state index contributed by atoms with van der Waals surface area (Å²) >= 11 is 0. The minimum Gasteiger partial charge on any atom is -0.456 e. The Morgan fingerprint density at radius 3 is 1.35 bits per heavy atom.